The van der Waals surface area contributed by atoms with E-state index in [1.54, 1.807) is 24.5 Å². The number of ether oxygens (including phenoxy) is 1. The first-order chi connectivity index (χ1) is 9.81. The molecule has 0 radical (unpaired) electrons. The van der Waals surface area contributed by atoms with Crippen LogP contribution >= 0.6 is 12.4 Å². The number of nitrogens with one attached hydrogen (secondary N) is 1. The van der Waals surface area contributed by atoms with Crippen molar-refractivity contribution < 1.29 is 9.13 Å². The second-order valence-electron chi connectivity index (χ2n) is 4.51. The highest BCUT2D eigenvalue weighted by atomic mass is 35.5. The fourth-order valence-electron chi connectivity index (χ4n) is 2.03. The summed E-state index contributed by atoms with van der Waals surface area (Å²) < 4.78 is 18.3. The molecule has 1 aliphatic heterocycles. The van der Waals surface area contributed by atoms with E-state index in [4.69, 9.17) is 4.74 Å². The molecule has 0 aliphatic carbocycles. The fourth-order valence-corrected chi connectivity index (χ4v) is 2.03. The summed E-state index contributed by atoms with van der Waals surface area (Å²) >= 11 is 0. The van der Waals surface area contributed by atoms with Crippen molar-refractivity contribution in [1.82, 2.24) is 15.3 Å². The molecule has 21 heavy (non-hydrogen) atoms. The molecule has 3 rings (SSSR count). The average molecular weight is 311 g/mol. The van der Waals surface area contributed by atoms with Gasteiger partial charge in [0.2, 0.25) is 5.95 Å². The first kappa shape index (κ1) is 15.5. The molecule has 1 fully saturated rings. The lowest BCUT2D eigenvalue weighted by atomic mass is 10.3. The highest BCUT2D eigenvalue weighted by Gasteiger charge is 2.12. The number of hydrogen-bond donors (Lipinski definition) is 1. The summed E-state index contributed by atoms with van der Waals surface area (Å²) in [6.45, 7) is 3.69. The van der Waals surface area contributed by atoms with E-state index in [0.29, 0.717) is 17.4 Å². The normalized spacial score (nSPS) is 14.4. The SMILES string of the molecule is Cl.Fc1ccc(Oc2cnc(N3CCNCC3)nc2)cc1. The molecule has 112 valence electrons. The van der Waals surface area contributed by atoms with Gasteiger partial charge in [-0.05, 0) is 24.3 Å². The highest BCUT2D eigenvalue weighted by molar-refractivity contribution is 5.85. The fraction of sp³-hybridized carbons (Fsp3) is 0.286. The summed E-state index contributed by atoms with van der Waals surface area (Å²) in [4.78, 5) is 10.7. The Balaban J connectivity index is 0.00000161. The molecular formula is C14H16ClFN4O. The number of nitrogens with zero attached hydrogens (tertiary/aromatic N) is 3. The van der Waals surface area contributed by atoms with Crippen molar-refractivity contribution in [1.29, 1.82) is 0 Å². The first-order valence-electron chi connectivity index (χ1n) is 6.52. The van der Waals surface area contributed by atoms with Gasteiger partial charge >= 0.3 is 0 Å². The molecule has 0 atom stereocenters. The van der Waals surface area contributed by atoms with Crippen LogP contribution in [0.4, 0.5) is 10.3 Å². The van der Waals surface area contributed by atoms with E-state index in [1.807, 2.05) is 0 Å². The number of anilines is 1. The maximum atomic E-state index is 12.8. The molecule has 1 aromatic heterocycles. The Morgan fingerprint density at radius 1 is 1.00 bits per heavy atom. The van der Waals surface area contributed by atoms with Crippen LogP contribution in [0.5, 0.6) is 11.5 Å². The van der Waals surface area contributed by atoms with Gasteiger partial charge in [0.1, 0.15) is 11.6 Å². The van der Waals surface area contributed by atoms with Crippen molar-refractivity contribution in [2.24, 2.45) is 0 Å². The highest BCUT2D eigenvalue weighted by Crippen LogP contribution is 2.21. The lowest BCUT2D eigenvalue weighted by molar-refractivity contribution is 0.474. The summed E-state index contributed by atoms with van der Waals surface area (Å²) in [6, 6.07) is 5.84. The van der Waals surface area contributed by atoms with E-state index < -0.39 is 0 Å². The van der Waals surface area contributed by atoms with Crippen LogP contribution in [0.25, 0.3) is 0 Å². The van der Waals surface area contributed by atoms with Crippen LogP contribution in [-0.4, -0.2) is 36.1 Å². The third-order valence-corrected chi connectivity index (χ3v) is 3.06. The van der Waals surface area contributed by atoms with Gasteiger partial charge < -0.3 is 15.0 Å². The molecule has 0 amide bonds. The molecule has 1 saturated heterocycles. The van der Waals surface area contributed by atoms with Crippen molar-refractivity contribution in [2.75, 3.05) is 31.1 Å². The minimum Gasteiger partial charge on any atom is -0.454 e. The zero-order valence-corrected chi connectivity index (χ0v) is 12.1. The Labute approximate surface area is 128 Å². The average Bonchev–Trinajstić information content (AvgIpc) is 2.51. The van der Waals surface area contributed by atoms with Crippen LogP contribution < -0.4 is 15.0 Å². The quantitative estimate of drug-likeness (QED) is 0.942. The molecular weight excluding hydrogens is 295 g/mol. The molecule has 2 heterocycles. The van der Waals surface area contributed by atoms with Crippen molar-refractivity contribution in [3.8, 4) is 11.5 Å². The van der Waals surface area contributed by atoms with Crippen LogP contribution in [0, 0.1) is 5.82 Å². The summed E-state index contributed by atoms with van der Waals surface area (Å²) in [7, 11) is 0. The van der Waals surface area contributed by atoms with E-state index in [2.05, 4.69) is 20.2 Å². The van der Waals surface area contributed by atoms with Gasteiger partial charge in [0.15, 0.2) is 5.75 Å². The predicted molar refractivity (Wildman–Crippen MR) is 80.8 cm³/mol. The predicted octanol–water partition coefficient (Wildman–Crippen LogP) is 2.24. The largest absolute Gasteiger partial charge is 0.454 e. The van der Waals surface area contributed by atoms with Gasteiger partial charge in [0.25, 0.3) is 0 Å². The summed E-state index contributed by atoms with van der Waals surface area (Å²) in [5.74, 6) is 1.51. The molecule has 0 spiro atoms. The van der Waals surface area contributed by atoms with Crippen molar-refractivity contribution in [3.05, 3.63) is 42.5 Å². The number of rotatable bonds is 3. The smallest absolute Gasteiger partial charge is 0.225 e. The first-order valence-corrected chi connectivity index (χ1v) is 6.52. The molecule has 0 bridgehead atoms. The van der Waals surface area contributed by atoms with Gasteiger partial charge in [0.05, 0.1) is 12.4 Å². The minimum atomic E-state index is -0.289. The van der Waals surface area contributed by atoms with E-state index in [1.165, 1.54) is 12.1 Å². The lowest BCUT2D eigenvalue weighted by Crippen LogP contribution is -2.44. The van der Waals surface area contributed by atoms with Crippen molar-refractivity contribution in [2.45, 2.75) is 0 Å². The Morgan fingerprint density at radius 2 is 1.62 bits per heavy atom. The number of halogens is 2. The Kier molecular flexibility index (Phi) is 5.30. The molecule has 1 aliphatic rings. The zero-order chi connectivity index (χ0) is 13.8. The standard InChI is InChI=1S/C14H15FN4O.ClH/c15-11-1-3-12(4-2-11)20-13-9-17-14(18-10-13)19-7-5-16-6-8-19;/h1-4,9-10,16H,5-8H2;1H. The number of piperazine rings is 1. The summed E-state index contributed by atoms with van der Waals surface area (Å²) in [5, 5.41) is 3.28. The molecule has 1 aromatic carbocycles. The van der Waals surface area contributed by atoms with Gasteiger partial charge in [-0.3, -0.25) is 0 Å². The van der Waals surface area contributed by atoms with Gasteiger partial charge in [-0.25, -0.2) is 14.4 Å². The topological polar surface area (TPSA) is 50.3 Å². The number of aromatic nitrogens is 2. The monoisotopic (exact) mass is 310 g/mol. The van der Waals surface area contributed by atoms with Crippen molar-refractivity contribution in [3.63, 3.8) is 0 Å². The second-order valence-corrected chi connectivity index (χ2v) is 4.51. The molecule has 7 heteroatoms. The van der Waals surface area contributed by atoms with Gasteiger partial charge in [-0.2, -0.15) is 0 Å². The van der Waals surface area contributed by atoms with Crippen LogP contribution in [0.2, 0.25) is 0 Å². The Bertz CT molecular complexity index is 558. The van der Waals surface area contributed by atoms with Crippen LogP contribution in [0.3, 0.4) is 0 Å². The molecule has 2 aromatic rings. The Hall–Kier alpha value is -1.92. The van der Waals surface area contributed by atoms with Crippen LogP contribution in [0.1, 0.15) is 0 Å². The third-order valence-electron chi connectivity index (χ3n) is 3.06. The van der Waals surface area contributed by atoms with Crippen molar-refractivity contribution >= 4 is 18.4 Å². The summed E-state index contributed by atoms with van der Waals surface area (Å²) in [5.41, 5.74) is 0. The number of hydrogen-bond acceptors (Lipinski definition) is 5. The van der Waals surface area contributed by atoms with Gasteiger partial charge in [0, 0.05) is 26.2 Å². The maximum Gasteiger partial charge on any atom is 0.225 e. The summed E-state index contributed by atoms with van der Waals surface area (Å²) in [6.07, 6.45) is 3.27. The molecule has 0 saturated carbocycles. The van der Waals surface area contributed by atoms with E-state index in [-0.39, 0.29) is 18.2 Å². The molecule has 0 unspecified atom stereocenters. The van der Waals surface area contributed by atoms with Gasteiger partial charge in [-0.15, -0.1) is 12.4 Å². The second kappa shape index (κ2) is 7.19. The Morgan fingerprint density at radius 3 is 2.24 bits per heavy atom. The van der Waals surface area contributed by atoms with E-state index in [9.17, 15) is 4.39 Å². The minimum absolute atomic E-state index is 0. The number of benzene rings is 1. The van der Waals surface area contributed by atoms with E-state index >= 15 is 0 Å². The lowest BCUT2D eigenvalue weighted by Gasteiger charge is -2.27. The maximum absolute atomic E-state index is 12.8. The van der Waals surface area contributed by atoms with E-state index in [0.717, 1.165) is 26.2 Å². The zero-order valence-electron chi connectivity index (χ0n) is 11.3. The van der Waals surface area contributed by atoms with Crippen LogP contribution in [0.15, 0.2) is 36.7 Å². The molecule has 5 nitrogen and oxygen atoms in total. The van der Waals surface area contributed by atoms with Gasteiger partial charge in [-0.1, -0.05) is 0 Å². The van der Waals surface area contributed by atoms with Crippen LogP contribution in [-0.2, 0) is 0 Å². The third kappa shape index (κ3) is 4.03. The molecule has 1 N–H and O–H groups in total.